The van der Waals surface area contributed by atoms with E-state index < -0.39 is 11.8 Å². The third kappa shape index (κ3) is 3.59. The average molecular weight is 245 g/mol. The smallest absolute Gasteiger partial charge is 0.310 e. The Hall–Kier alpha value is -2.35. The number of nitrogens with zero attached hydrogens (tertiary/aromatic N) is 1. The lowest BCUT2D eigenvalue weighted by molar-refractivity contribution is -0.139. The van der Waals surface area contributed by atoms with Crippen LogP contribution in [0.5, 0.6) is 0 Å². The van der Waals surface area contributed by atoms with Crippen LogP contribution in [-0.4, -0.2) is 18.4 Å². The van der Waals surface area contributed by atoms with Gasteiger partial charge in [-0.15, -0.1) is 0 Å². The van der Waals surface area contributed by atoms with Crippen LogP contribution in [0.25, 0.3) is 0 Å². The maximum atomic E-state index is 11.5. The molecule has 18 heavy (non-hydrogen) atoms. The molecule has 0 heterocycles. The zero-order valence-electron chi connectivity index (χ0n) is 10.4. The summed E-state index contributed by atoms with van der Waals surface area (Å²) in [7, 11) is 0. The summed E-state index contributed by atoms with van der Waals surface area (Å²) in [5.41, 5.74) is 2.00. The van der Waals surface area contributed by atoms with Crippen LogP contribution in [0, 0.1) is 18.3 Å². The topological polar surface area (TPSA) is 82.0 Å². The maximum Gasteiger partial charge on any atom is 0.310 e. The van der Waals surface area contributed by atoms with Gasteiger partial charge in [0.15, 0.2) is 0 Å². The van der Waals surface area contributed by atoms with Gasteiger partial charge in [-0.25, -0.2) is 0 Å². The van der Waals surface area contributed by atoms with Gasteiger partial charge < -0.3 is 10.6 Å². The number of hydrogen-bond acceptors (Lipinski definition) is 3. The first-order chi connectivity index (χ1) is 8.56. The predicted molar refractivity (Wildman–Crippen MR) is 66.4 cm³/mol. The Morgan fingerprint density at radius 2 is 2.00 bits per heavy atom. The largest absolute Gasteiger partial charge is 0.341 e. The third-order valence-corrected chi connectivity index (χ3v) is 2.54. The number of carbonyl (C=O) groups excluding carboxylic acids is 2. The maximum absolute atomic E-state index is 11.5. The highest BCUT2D eigenvalue weighted by Gasteiger charge is 2.17. The fourth-order valence-corrected chi connectivity index (χ4v) is 1.61. The van der Waals surface area contributed by atoms with Crippen LogP contribution in [0.2, 0.25) is 0 Å². The number of benzene rings is 1. The molecular formula is C13H15N3O2. The van der Waals surface area contributed by atoms with Crippen LogP contribution in [0.4, 0.5) is 0 Å². The van der Waals surface area contributed by atoms with E-state index in [1.54, 1.807) is 13.0 Å². The Labute approximate surface area is 106 Å². The number of amides is 2. The molecule has 0 aliphatic rings. The van der Waals surface area contributed by atoms with Gasteiger partial charge in [0, 0.05) is 0 Å². The van der Waals surface area contributed by atoms with Crippen molar-refractivity contribution in [2.24, 2.45) is 0 Å². The summed E-state index contributed by atoms with van der Waals surface area (Å²) in [5.74, 6) is -1.53. The highest BCUT2D eigenvalue weighted by Crippen LogP contribution is 2.16. The van der Waals surface area contributed by atoms with E-state index in [1.165, 1.54) is 0 Å². The number of rotatable bonds is 3. The molecule has 5 heteroatoms. The molecular weight excluding hydrogens is 230 g/mol. The second-order valence-electron chi connectivity index (χ2n) is 3.89. The van der Waals surface area contributed by atoms with Gasteiger partial charge in [-0.1, -0.05) is 24.3 Å². The summed E-state index contributed by atoms with van der Waals surface area (Å²) in [6.07, 6.45) is 0. The van der Waals surface area contributed by atoms with Crippen LogP contribution >= 0.6 is 0 Å². The zero-order chi connectivity index (χ0) is 13.5. The molecule has 0 spiro atoms. The number of nitrogens with one attached hydrogen (secondary N) is 2. The van der Waals surface area contributed by atoms with Crippen molar-refractivity contribution in [2.45, 2.75) is 19.9 Å². The van der Waals surface area contributed by atoms with Gasteiger partial charge in [-0.05, 0) is 25.0 Å². The number of nitriles is 1. The molecule has 0 saturated heterocycles. The summed E-state index contributed by atoms with van der Waals surface area (Å²) in [6.45, 7) is 3.57. The average Bonchev–Trinajstić information content (AvgIpc) is 2.36. The molecule has 0 radical (unpaired) electrons. The predicted octanol–water partition coefficient (Wildman–Crippen LogP) is 0.812. The van der Waals surface area contributed by atoms with Gasteiger partial charge in [-0.2, -0.15) is 5.26 Å². The van der Waals surface area contributed by atoms with Crippen molar-refractivity contribution in [3.8, 4) is 6.07 Å². The van der Waals surface area contributed by atoms with Gasteiger partial charge in [0.25, 0.3) is 0 Å². The summed E-state index contributed by atoms with van der Waals surface area (Å²) in [4.78, 5) is 22.8. The van der Waals surface area contributed by atoms with Gasteiger partial charge in [0.1, 0.15) is 6.54 Å². The molecule has 1 unspecified atom stereocenters. The molecule has 2 N–H and O–H groups in total. The molecule has 2 amide bonds. The highest BCUT2D eigenvalue weighted by atomic mass is 16.2. The van der Waals surface area contributed by atoms with Crippen LogP contribution in [0.1, 0.15) is 24.1 Å². The fourth-order valence-electron chi connectivity index (χ4n) is 1.61. The van der Waals surface area contributed by atoms with Crippen LogP contribution in [-0.2, 0) is 9.59 Å². The second-order valence-corrected chi connectivity index (χ2v) is 3.89. The molecule has 0 aliphatic carbocycles. The SMILES string of the molecule is Cc1ccccc1C(C)NC(=O)C(=O)NCC#N. The van der Waals surface area contributed by atoms with Crippen molar-refractivity contribution in [2.75, 3.05) is 6.54 Å². The summed E-state index contributed by atoms with van der Waals surface area (Å²) in [6, 6.07) is 9.10. The first kappa shape index (κ1) is 13.7. The van der Waals surface area contributed by atoms with Gasteiger partial charge in [0.05, 0.1) is 12.1 Å². The summed E-state index contributed by atoms with van der Waals surface area (Å²) in [5, 5.41) is 13.1. The first-order valence-corrected chi connectivity index (χ1v) is 5.57. The van der Waals surface area contributed by atoms with Crippen LogP contribution < -0.4 is 10.6 Å². The van der Waals surface area contributed by atoms with Crippen molar-refractivity contribution in [3.05, 3.63) is 35.4 Å². The minimum absolute atomic E-state index is 0.176. The Morgan fingerprint density at radius 3 is 2.61 bits per heavy atom. The molecule has 5 nitrogen and oxygen atoms in total. The quantitative estimate of drug-likeness (QED) is 0.610. The van der Waals surface area contributed by atoms with Gasteiger partial charge in [-0.3, -0.25) is 9.59 Å². The van der Waals surface area contributed by atoms with E-state index in [0.717, 1.165) is 11.1 Å². The van der Waals surface area contributed by atoms with E-state index in [2.05, 4.69) is 10.6 Å². The Balaban J connectivity index is 2.63. The molecule has 0 bridgehead atoms. The van der Waals surface area contributed by atoms with Crippen molar-refractivity contribution >= 4 is 11.8 Å². The Morgan fingerprint density at radius 1 is 1.33 bits per heavy atom. The standard InChI is InChI=1S/C13H15N3O2/c1-9-5-3-4-6-11(9)10(2)16-13(18)12(17)15-8-7-14/h3-6,10H,8H2,1-2H3,(H,15,17)(H,16,18). The second kappa shape index (κ2) is 6.40. The first-order valence-electron chi connectivity index (χ1n) is 5.57. The molecule has 1 rings (SSSR count). The van der Waals surface area contributed by atoms with E-state index in [0.29, 0.717) is 0 Å². The molecule has 0 aliphatic heterocycles. The molecule has 1 atom stereocenters. The summed E-state index contributed by atoms with van der Waals surface area (Å²) >= 11 is 0. The normalized spacial score (nSPS) is 11.2. The van der Waals surface area contributed by atoms with Gasteiger partial charge >= 0.3 is 11.8 Å². The van der Waals surface area contributed by atoms with Crippen molar-refractivity contribution in [1.29, 1.82) is 5.26 Å². The van der Waals surface area contributed by atoms with Crippen molar-refractivity contribution < 1.29 is 9.59 Å². The highest BCUT2D eigenvalue weighted by molar-refractivity contribution is 6.35. The molecule has 1 aromatic carbocycles. The molecule has 0 saturated carbocycles. The Bertz CT molecular complexity index is 491. The monoisotopic (exact) mass is 245 g/mol. The van der Waals surface area contributed by atoms with E-state index >= 15 is 0 Å². The zero-order valence-corrected chi connectivity index (χ0v) is 10.4. The fraction of sp³-hybridized carbons (Fsp3) is 0.308. The minimum Gasteiger partial charge on any atom is -0.341 e. The number of aryl methyl sites for hydroxylation is 1. The van der Waals surface area contributed by atoms with Gasteiger partial charge in [0.2, 0.25) is 0 Å². The number of carbonyl (C=O) groups is 2. The molecule has 1 aromatic rings. The van der Waals surface area contributed by atoms with E-state index in [-0.39, 0.29) is 12.6 Å². The van der Waals surface area contributed by atoms with E-state index in [9.17, 15) is 9.59 Å². The lowest BCUT2D eigenvalue weighted by Gasteiger charge is -2.15. The minimum atomic E-state index is -0.794. The van der Waals surface area contributed by atoms with Crippen molar-refractivity contribution in [1.82, 2.24) is 10.6 Å². The summed E-state index contributed by atoms with van der Waals surface area (Å²) < 4.78 is 0. The van der Waals surface area contributed by atoms with E-state index in [4.69, 9.17) is 5.26 Å². The lowest BCUT2D eigenvalue weighted by Crippen LogP contribution is -2.41. The van der Waals surface area contributed by atoms with Crippen LogP contribution in [0.3, 0.4) is 0 Å². The van der Waals surface area contributed by atoms with Crippen LogP contribution in [0.15, 0.2) is 24.3 Å². The molecule has 94 valence electrons. The molecule has 0 aromatic heterocycles. The lowest BCUT2D eigenvalue weighted by atomic mass is 10.0. The number of hydrogen-bond donors (Lipinski definition) is 2. The van der Waals surface area contributed by atoms with E-state index in [1.807, 2.05) is 31.2 Å². The molecule has 0 fully saturated rings. The van der Waals surface area contributed by atoms with Crippen molar-refractivity contribution in [3.63, 3.8) is 0 Å². The third-order valence-electron chi connectivity index (χ3n) is 2.54. The Kier molecular flexibility index (Phi) is 4.88.